The lowest BCUT2D eigenvalue weighted by atomic mass is 9.88. The molecule has 7 nitrogen and oxygen atoms in total. The van der Waals surface area contributed by atoms with Gasteiger partial charge >= 0.3 is 0 Å². The van der Waals surface area contributed by atoms with Gasteiger partial charge in [-0.15, -0.1) is 0 Å². The number of piperidine rings is 1. The zero-order chi connectivity index (χ0) is 21.1. The van der Waals surface area contributed by atoms with Crippen LogP contribution in [0.25, 0.3) is 0 Å². The van der Waals surface area contributed by atoms with Crippen LogP contribution in [0.5, 0.6) is 5.75 Å². The molecule has 0 aromatic heterocycles. The van der Waals surface area contributed by atoms with E-state index in [2.05, 4.69) is 0 Å². The highest BCUT2D eigenvalue weighted by Gasteiger charge is 2.30. The number of benzene rings is 2. The van der Waals surface area contributed by atoms with Crippen LogP contribution >= 0.6 is 23.2 Å². The molecule has 0 atom stereocenters. The van der Waals surface area contributed by atoms with E-state index in [0.29, 0.717) is 41.5 Å². The Kier molecular flexibility index (Phi) is 6.39. The molecule has 0 unspecified atom stereocenters. The van der Waals surface area contributed by atoms with Crippen molar-refractivity contribution in [2.24, 2.45) is 5.92 Å². The molecule has 0 aliphatic carbocycles. The van der Waals surface area contributed by atoms with Crippen molar-refractivity contribution in [3.63, 3.8) is 0 Å². The molecule has 9 heteroatoms. The highest BCUT2D eigenvalue weighted by atomic mass is 35.5. The lowest BCUT2D eigenvalue weighted by Gasteiger charge is -2.31. The number of amides is 1. The molecule has 1 fully saturated rings. The van der Waals surface area contributed by atoms with E-state index in [0.717, 1.165) is 0 Å². The number of halogens is 2. The van der Waals surface area contributed by atoms with Crippen LogP contribution in [0.15, 0.2) is 36.4 Å². The summed E-state index contributed by atoms with van der Waals surface area (Å²) in [6, 6.07) is 8.70. The predicted octanol–water partition coefficient (Wildman–Crippen LogP) is 4.65. The van der Waals surface area contributed by atoms with Crippen molar-refractivity contribution < 1.29 is 19.2 Å². The Morgan fingerprint density at radius 2 is 1.79 bits per heavy atom. The quantitative estimate of drug-likeness (QED) is 0.386. The number of carbonyl (C=O) groups is 2. The number of Topliss-reactive ketones (excluding diaryl/α,β-unsaturated/α-hetero) is 1. The molecule has 3 rings (SSSR count). The molecule has 2 aromatic carbocycles. The van der Waals surface area contributed by atoms with E-state index in [1.807, 2.05) is 0 Å². The Bertz CT molecular complexity index is 971. The van der Waals surface area contributed by atoms with Crippen LogP contribution in [0.4, 0.5) is 5.69 Å². The molecule has 0 bridgehead atoms. The first-order valence-corrected chi connectivity index (χ1v) is 9.68. The maximum Gasteiger partial charge on any atom is 0.270 e. The first-order chi connectivity index (χ1) is 13.8. The fraction of sp³-hybridized carbons (Fsp3) is 0.300. The van der Waals surface area contributed by atoms with Gasteiger partial charge in [-0.1, -0.05) is 23.2 Å². The maximum atomic E-state index is 12.9. The number of carbonyl (C=O) groups excluding carboxylic acids is 2. The summed E-state index contributed by atoms with van der Waals surface area (Å²) in [5.74, 6) is -0.354. The topological polar surface area (TPSA) is 89.8 Å². The third-order valence-electron chi connectivity index (χ3n) is 4.98. The fourth-order valence-electron chi connectivity index (χ4n) is 3.38. The number of likely N-dealkylation sites (tertiary alicyclic amines) is 1. The van der Waals surface area contributed by atoms with Gasteiger partial charge in [0.15, 0.2) is 5.78 Å². The predicted molar refractivity (Wildman–Crippen MR) is 109 cm³/mol. The molecule has 0 N–H and O–H groups in total. The summed E-state index contributed by atoms with van der Waals surface area (Å²) in [7, 11) is 1.40. The standard InChI is InChI=1S/C20H18Cl2N2O5/c1-29-18-5-3-14(24(27)28)11-15(18)20(26)23-8-6-12(7-9-23)19(25)13-2-4-16(21)17(22)10-13/h2-5,10-12H,6-9H2,1H3. The second-order valence-corrected chi connectivity index (χ2v) is 7.52. The van der Waals surface area contributed by atoms with E-state index in [1.54, 1.807) is 23.1 Å². The Morgan fingerprint density at radius 1 is 1.10 bits per heavy atom. The van der Waals surface area contributed by atoms with E-state index in [9.17, 15) is 19.7 Å². The zero-order valence-corrected chi connectivity index (χ0v) is 17.1. The number of ketones is 1. The van der Waals surface area contributed by atoms with Crippen LogP contribution in [0.3, 0.4) is 0 Å². The Balaban J connectivity index is 1.71. The number of methoxy groups -OCH3 is 1. The number of hydrogen-bond acceptors (Lipinski definition) is 5. The number of nitrogens with zero attached hydrogens (tertiary/aromatic N) is 2. The van der Waals surface area contributed by atoms with Gasteiger partial charge < -0.3 is 9.64 Å². The molecule has 1 aliphatic heterocycles. The van der Waals surface area contributed by atoms with Crippen LogP contribution in [-0.4, -0.2) is 41.7 Å². The monoisotopic (exact) mass is 436 g/mol. The van der Waals surface area contributed by atoms with E-state index < -0.39 is 4.92 Å². The van der Waals surface area contributed by atoms with Crippen molar-refractivity contribution in [2.75, 3.05) is 20.2 Å². The lowest BCUT2D eigenvalue weighted by Crippen LogP contribution is -2.40. The molecule has 2 aromatic rings. The first kappa shape index (κ1) is 21.1. The van der Waals surface area contributed by atoms with Crippen molar-refractivity contribution in [1.82, 2.24) is 4.90 Å². The number of non-ortho nitro benzene ring substituents is 1. The molecule has 29 heavy (non-hydrogen) atoms. The third kappa shape index (κ3) is 4.52. The average Bonchev–Trinajstić information content (AvgIpc) is 2.74. The van der Waals surface area contributed by atoms with Gasteiger partial charge in [0.2, 0.25) is 0 Å². The summed E-state index contributed by atoms with van der Waals surface area (Å²) in [4.78, 5) is 37.7. The van der Waals surface area contributed by atoms with Crippen LogP contribution in [-0.2, 0) is 0 Å². The van der Waals surface area contributed by atoms with Crippen molar-refractivity contribution in [3.05, 3.63) is 67.7 Å². The Labute approximate surface area is 177 Å². The van der Waals surface area contributed by atoms with Crippen LogP contribution in [0, 0.1) is 16.0 Å². The second-order valence-electron chi connectivity index (χ2n) is 6.70. The third-order valence-corrected chi connectivity index (χ3v) is 5.72. The molecule has 1 amide bonds. The van der Waals surface area contributed by atoms with Crippen molar-refractivity contribution in [3.8, 4) is 5.75 Å². The van der Waals surface area contributed by atoms with E-state index >= 15 is 0 Å². The number of ether oxygens (including phenoxy) is 1. The van der Waals surface area contributed by atoms with Crippen molar-refractivity contribution >= 4 is 40.6 Å². The number of rotatable bonds is 5. The van der Waals surface area contributed by atoms with Crippen LogP contribution in [0.2, 0.25) is 10.0 Å². The maximum absolute atomic E-state index is 12.9. The van der Waals surface area contributed by atoms with Gasteiger partial charge in [-0.05, 0) is 37.1 Å². The highest BCUT2D eigenvalue weighted by Crippen LogP contribution is 2.29. The van der Waals surface area contributed by atoms with Gasteiger partial charge in [0.1, 0.15) is 5.75 Å². The normalized spacial score (nSPS) is 14.5. The van der Waals surface area contributed by atoms with Gasteiger partial charge in [-0.25, -0.2) is 0 Å². The molecule has 0 spiro atoms. The molecule has 1 heterocycles. The summed E-state index contributed by atoms with van der Waals surface area (Å²) < 4.78 is 5.18. The van der Waals surface area contributed by atoms with Gasteiger partial charge in [0, 0.05) is 36.7 Å². The largest absolute Gasteiger partial charge is 0.496 e. The minimum atomic E-state index is -0.557. The highest BCUT2D eigenvalue weighted by molar-refractivity contribution is 6.42. The fourth-order valence-corrected chi connectivity index (χ4v) is 3.67. The van der Waals surface area contributed by atoms with Crippen LogP contribution < -0.4 is 4.74 Å². The second kappa shape index (κ2) is 8.80. The Morgan fingerprint density at radius 3 is 2.38 bits per heavy atom. The van der Waals surface area contributed by atoms with E-state index in [4.69, 9.17) is 27.9 Å². The minimum absolute atomic E-state index is 0.0383. The van der Waals surface area contributed by atoms with Crippen molar-refractivity contribution in [1.29, 1.82) is 0 Å². The van der Waals surface area contributed by atoms with E-state index in [-0.39, 0.29) is 34.6 Å². The summed E-state index contributed by atoms with van der Waals surface area (Å²) in [6.45, 7) is 0.727. The molecule has 152 valence electrons. The smallest absolute Gasteiger partial charge is 0.270 e. The minimum Gasteiger partial charge on any atom is -0.496 e. The summed E-state index contributed by atoms with van der Waals surface area (Å²) in [5.41, 5.74) is 0.444. The summed E-state index contributed by atoms with van der Waals surface area (Å²) in [5, 5.41) is 11.7. The number of nitro groups is 1. The lowest BCUT2D eigenvalue weighted by molar-refractivity contribution is -0.384. The van der Waals surface area contributed by atoms with Crippen molar-refractivity contribution in [2.45, 2.75) is 12.8 Å². The molecular formula is C20H18Cl2N2O5. The van der Waals surface area contributed by atoms with Gasteiger partial charge in [0.05, 0.1) is 27.6 Å². The summed E-state index contributed by atoms with van der Waals surface area (Å²) in [6.07, 6.45) is 0.976. The van der Waals surface area contributed by atoms with Gasteiger partial charge in [-0.2, -0.15) is 0 Å². The van der Waals surface area contributed by atoms with E-state index in [1.165, 1.54) is 25.3 Å². The zero-order valence-electron chi connectivity index (χ0n) is 15.6. The van der Waals surface area contributed by atoms with Gasteiger partial charge in [0.25, 0.3) is 11.6 Å². The molecular weight excluding hydrogens is 419 g/mol. The van der Waals surface area contributed by atoms with Gasteiger partial charge in [-0.3, -0.25) is 19.7 Å². The average molecular weight is 437 g/mol. The number of hydrogen-bond donors (Lipinski definition) is 0. The SMILES string of the molecule is COc1ccc([N+](=O)[O-])cc1C(=O)N1CCC(C(=O)c2ccc(Cl)c(Cl)c2)CC1. The molecule has 0 saturated carbocycles. The Hall–Kier alpha value is -2.64. The first-order valence-electron chi connectivity index (χ1n) is 8.92. The van der Waals surface area contributed by atoms with Crippen LogP contribution in [0.1, 0.15) is 33.6 Å². The molecule has 1 aliphatic rings. The number of nitro benzene ring substituents is 1. The molecule has 1 saturated heterocycles. The summed E-state index contributed by atoms with van der Waals surface area (Å²) >= 11 is 11.9. The molecule has 0 radical (unpaired) electrons.